The molecule has 1 heterocycles. The third-order valence-electron chi connectivity index (χ3n) is 4.84. The van der Waals surface area contributed by atoms with Crippen LogP contribution in [0.1, 0.15) is 30.4 Å². The number of hydrogen-bond acceptors (Lipinski definition) is 6. The van der Waals surface area contributed by atoms with Crippen LogP contribution in [0.3, 0.4) is 0 Å². The Hall–Kier alpha value is -3.30. The van der Waals surface area contributed by atoms with Crippen LogP contribution in [0, 0.1) is 10.1 Å². The summed E-state index contributed by atoms with van der Waals surface area (Å²) in [5, 5.41) is 23.5. The van der Waals surface area contributed by atoms with Crippen molar-refractivity contribution in [1.29, 1.82) is 0 Å². The summed E-state index contributed by atoms with van der Waals surface area (Å²) in [6, 6.07) is 5.29. The quantitative estimate of drug-likeness (QED) is 0.404. The Labute approximate surface area is 170 Å². The van der Waals surface area contributed by atoms with Crippen molar-refractivity contribution in [2.24, 2.45) is 4.99 Å². The van der Waals surface area contributed by atoms with E-state index in [0.29, 0.717) is 18.8 Å². The van der Waals surface area contributed by atoms with Gasteiger partial charge in [-0.25, -0.2) is 0 Å². The molecule has 160 valence electrons. The van der Waals surface area contributed by atoms with Gasteiger partial charge in [0.25, 0.3) is 5.69 Å². The van der Waals surface area contributed by atoms with E-state index in [4.69, 9.17) is 4.74 Å². The fourth-order valence-electron chi connectivity index (χ4n) is 3.31. The molecule has 1 aliphatic heterocycles. The summed E-state index contributed by atoms with van der Waals surface area (Å²) in [5.74, 6) is -0.885. The van der Waals surface area contributed by atoms with E-state index in [1.54, 1.807) is 0 Å². The number of benzene rings is 2. The molecule has 0 unspecified atom stereocenters. The number of hydrogen-bond donors (Lipinski definition) is 0. The topological polar surface area (TPSA) is 91.0 Å². The van der Waals surface area contributed by atoms with E-state index >= 15 is 0 Å². The first-order valence-electron chi connectivity index (χ1n) is 9.24. The lowest BCUT2D eigenvalue weighted by Gasteiger charge is -2.30. The van der Waals surface area contributed by atoms with Gasteiger partial charge in [0.15, 0.2) is 0 Å². The molecule has 0 aromatic heterocycles. The number of ether oxygens (including phenoxy) is 1. The van der Waals surface area contributed by atoms with Gasteiger partial charge in [-0.05, 0) is 43.0 Å². The number of non-ortho nitro benzene ring substituents is 1. The number of methoxy groups -OCH3 is 1. The SMILES string of the molecule is COc1cc([N+](=O)[O-])cc(C=Nc2cc(C(F)(F)F)ccc2N2CCCCC2)c1[O-]. The minimum atomic E-state index is -4.55. The number of anilines is 1. The van der Waals surface area contributed by atoms with Gasteiger partial charge in [-0.2, -0.15) is 13.2 Å². The highest BCUT2D eigenvalue weighted by molar-refractivity contribution is 5.89. The lowest BCUT2D eigenvalue weighted by molar-refractivity contribution is -0.385. The van der Waals surface area contributed by atoms with Crippen molar-refractivity contribution in [2.75, 3.05) is 25.1 Å². The molecule has 0 spiro atoms. The number of halogens is 3. The molecule has 2 aromatic carbocycles. The van der Waals surface area contributed by atoms with E-state index < -0.39 is 22.4 Å². The summed E-state index contributed by atoms with van der Waals surface area (Å²) < 4.78 is 44.5. The molecular formula is C20H19F3N3O4-. The molecule has 1 aliphatic rings. The number of piperidine rings is 1. The predicted octanol–water partition coefficient (Wildman–Crippen LogP) is 4.44. The van der Waals surface area contributed by atoms with Gasteiger partial charge in [-0.1, -0.05) is 5.75 Å². The molecule has 3 rings (SSSR count). The Morgan fingerprint density at radius 2 is 1.87 bits per heavy atom. The fourth-order valence-corrected chi connectivity index (χ4v) is 3.31. The van der Waals surface area contributed by atoms with E-state index in [0.717, 1.165) is 49.7 Å². The molecule has 0 amide bonds. The molecule has 0 saturated carbocycles. The smallest absolute Gasteiger partial charge is 0.416 e. The maximum atomic E-state index is 13.2. The van der Waals surface area contributed by atoms with Crippen LogP contribution in [0.4, 0.5) is 30.2 Å². The van der Waals surface area contributed by atoms with Gasteiger partial charge in [0, 0.05) is 25.4 Å². The van der Waals surface area contributed by atoms with E-state index in [2.05, 4.69) is 4.99 Å². The molecule has 30 heavy (non-hydrogen) atoms. The Balaban J connectivity index is 2.07. The molecule has 0 aliphatic carbocycles. The monoisotopic (exact) mass is 422 g/mol. The average molecular weight is 422 g/mol. The number of nitro groups is 1. The van der Waals surface area contributed by atoms with Crippen LogP contribution in [0.15, 0.2) is 35.3 Å². The van der Waals surface area contributed by atoms with E-state index in [9.17, 15) is 28.4 Å². The molecule has 0 N–H and O–H groups in total. The zero-order chi connectivity index (χ0) is 21.9. The maximum Gasteiger partial charge on any atom is 0.416 e. The summed E-state index contributed by atoms with van der Waals surface area (Å²) >= 11 is 0. The summed E-state index contributed by atoms with van der Waals surface area (Å²) in [4.78, 5) is 16.5. The molecule has 10 heteroatoms. The van der Waals surface area contributed by atoms with Crippen molar-refractivity contribution in [3.63, 3.8) is 0 Å². The average Bonchev–Trinajstić information content (AvgIpc) is 2.72. The standard InChI is InChI=1S/C20H20F3N3O4/c1-30-18-11-15(26(28)29)9-13(19(18)27)12-24-16-10-14(20(21,22)23)5-6-17(16)25-7-3-2-4-8-25/h5-6,9-12,27H,2-4,7-8H2,1H3/p-1. The lowest BCUT2D eigenvalue weighted by atomic mass is 10.1. The molecule has 1 fully saturated rings. The van der Waals surface area contributed by atoms with Gasteiger partial charge >= 0.3 is 6.18 Å². The molecule has 0 bridgehead atoms. The number of rotatable bonds is 5. The van der Waals surface area contributed by atoms with Crippen LogP contribution < -0.4 is 14.7 Å². The van der Waals surface area contributed by atoms with E-state index in [-0.39, 0.29) is 22.7 Å². The van der Waals surface area contributed by atoms with Gasteiger partial charge in [0.05, 0.1) is 35.0 Å². The van der Waals surface area contributed by atoms with Crippen molar-refractivity contribution in [1.82, 2.24) is 0 Å². The third-order valence-corrected chi connectivity index (χ3v) is 4.84. The second-order valence-electron chi connectivity index (χ2n) is 6.83. The maximum absolute atomic E-state index is 13.2. The van der Waals surface area contributed by atoms with Crippen LogP contribution in [0.5, 0.6) is 11.5 Å². The van der Waals surface area contributed by atoms with E-state index in [1.165, 1.54) is 13.2 Å². The lowest BCUT2D eigenvalue weighted by Crippen LogP contribution is -2.29. The number of nitrogens with zero attached hydrogens (tertiary/aromatic N) is 3. The van der Waals surface area contributed by atoms with Crippen molar-refractivity contribution in [3.05, 3.63) is 51.6 Å². The van der Waals surface area contributed by atoms with Crippen molar-refractivity contribution in [2.45, 2.75) is 25.4 Å². The van der Waals surface area contributed by atoms with Gasteiger partial charge < -0.3 is 14.7 Å². The zero-order valence-electron chi connectivity index (χ0n) is 16.1. The molecule has 1 saturated heterocycles. The first kappa shape index (κ1) is 21.4. The molecular weight excluding hydrogens is 403 g/mol. The second-order valence-corrected chi connectivity index (χ2v) is 6.83. The fraction of sp³-hybridized carbons (Fsp3) is 0.350. The van der Waals surface area contributed by atoms with Gasteiger partial charge in [-0.15, -0.1) is 0 Å². The number of alkyl halides is 3. The second kappa shape index (κ2) is 8.60. The number of aliphatic imine (C=N–C) groups is 1. The first-order valence-corrected chi connectivity index (χ1v) is 9.24. The highest BCUT2D eigenvalue weighted by Crippen LogP contribution is 2.38. The van der Waals surface area contributed by atoms with Gasteiger partial charge in [0.1, 0.15) is 5.75 Å². The zero-order valence-corrected chi connectivity index (χ0v) is 16.1. The summed E-state index contributed by atoms with van der Waals surface area (Å²) in [5.41, 5.74) is -0.842. The Bertz CT molecular complexity index is 970. The van der Waals surface area contributed by atoms with Crippen LogP contribution in [0.2, 0.25) is 0 Å². The molecule has 7 nitrogen and oxygen atoms in total. The largest absolute Gasteiger partial charge is 0.870 e. The third kappa shape index (κ3) is 4.64. The van der Waals surface area contributed by atoms with Crippen molar-refractivity contribution in [3.8, 4) is 11.5 Å². The molecule has 2 aromatic rings. The minimum Gasteiger partial charge on any atom is -0.870 e. The highest BCUT2D eigenvalue weighted by Gasteiger charge is 2.31. The Kier molecular flexibility index (Phi) is 6.14. The van der Waals surface area contributed by atoms with Crippen LogP contribution >= 0.6 is 0 Å². The first-order chi connectivity index (χ1) is 14.2. The van der Waals surface area contributed by atoms with Crippen LogP contribution in [-0.4, -0.2) is 31.3 Å². The Morgan fingerprint density at radius 1 is 1.17 bits per heavy atom. The summed E-state index contributed by atoms with van der Waals surface area (Å²) in [6.07, 6.45) is -0.638. The van der Waals surface area contributed by atoms with E-state index in [1.807, 2.05) is 4.90 Å². The van der Waals surface area contributed by atoms with Gasteiger partial charge in [-0.3, -0.25) is 15.1 Å². The number of nitro benzene ring substituents is 1. The van der Waals surface area contributed by atoms with Gasteiger partial charge in [0.2, 0.25) is 0 Å². The summed E-state index contributed by atoms with van der Waals surface area (Å²) in [6.45, 7) is 1.37. The van der Waals surface area contributed by atoms with Crippen molar-refractivity contribution < 1.29 is 27.9 Å². The normalized spacial score (nSPS) is 14.9. The van der Waals surface area contributed by atoms with Crippen LogP contribution in [0.25, 0.3) is 0 Å². The summed E-state index contributed by atoms with van der Waals surface area (Å²) in [7, 11) is 1.20. The Morgan fingerprint density at radius 3 is 2.47 bits per heavy atom. The van der Waals surface area contributed by atoms with Crippen LogP contribution in [-0.2, 0) is 6.18 Å². The predicted molar refractivity (Wildman–Crippen MR) is 104 cm³/mol. The molecule has 0 radical (unpaired) electrons. The minimum absolute atomic E-state index is 0.0385. The highest BCUT2D eigenvalue weighted by atomic mass is 19.4. The molecule has 0 atom stereocenters. The van der Waals surface area contributed by atoms with Crippen molar-refractivity contribution >= 4 is 23.3 Å².